The number of fused-ring (bicyclic) bond motifs is 1. The van der Waals surface area contributed by atoms with Crippen LogP contribution in [-0.4, -0.2) is 4.98 Å². The van der Waals surface area contributed by atoms with Crippen molar-refractivity contribution < 1.29 is 0 Å². The Labute approximate surface area is 124 Å². The molecule has 0 aliphatic carbocycles. The molecule has 2 nitrogen and oxygen atoms in total. The first kappa shape index (κ1) is 13.6. The minimum absolute atomic E-state index is 0.0000491. The zero-order valence-electron chi connectivity index (χ0n) is 12.6. The van der Waals surface area contributed by atoms with Gasteiger partial charge in [-0.1, -0.05) is 69.3 Å². The first-order valence-electron chi connectivity index (χ1n) is 7.19. The fourth-order valence-electron chi connectivity index (χ4n) is 2.86. The van der Waals surface area contributed by atoms with Crippen molar-refractivity contribution >= 4 is 10.9 Å². The fraction of sp³-hybridized carbons (Fsp3) is 0.211. The summed E-state index contributed by atoms with van der Waals surface area (Å²) in [5, 5.41) is 1.09. The summed E-state index contributed by atoms with van der Waals surface area (Å²) < 4.78 is 0. The molecule has 0 saturated carbocycles. The number of aromatic nitrogens is 1. The van der Waals surface area contributed by atoms with Gasteiger partial charge in [-0.2, -0.15) is 0 Å². The number of rotatable bonds is 1. The van der Waals surface area contributed by atoms with Gasteiger partial charge in [-0.15, -0.1) is 0 Å². The normalized spacial score (nSPS) is 11.8. The van der Waals surface area contributed by atoms with E-state index in [4.69, 9.17) is 0 Å². The summed E-state index contributed by atoms with van der Waals surface area (Å²) in [4.78, 5) is 15.6. The van der Waals surface area contributed by atoms with Crippen LogP contribution in [0, 0.1) is 0 Å². The van der Waals surface area contributed by atoms with E-state index in [0.29, 0.717) is 0 Å². The van der Waals surface area contributed by atoms with E-state index in [-0.39, 0.29) is 11.0 Å². The van der Waals surface area contributed by atoms with Gasteiger partial charge >= 0.3 is 0 Å². The summed E-state index contributed by atoms with van der Waals surface area (Å²) in [7, 11) is 0. The van der Waals surface area contributed by atoms with Gasteiger partial charge in [-0.05, 0) is 17.0 Å². The van der Waals surface area contributed by atoms with E-state index in [9.17, 15) is 4.79 Å². The molecule has 0 amide bonds. The molecule has 21 heavy (non-hydrogen) atoms. The van der Waals surface area contributed by atoms with E-state index in [1.807, 2.05) is 36.4 Å². The van der Waals surface area contributed by atoms with E-state index in [1.165, 1.54) is 0 Å². The molecule has 3 aromatic rings. The molecule has 0 aliphatic heterocycles. The Morgan fingerprint density at radius 3 is 2.14 bits per heavy atom. The van der Waals surface area contributed by atoms with Crippen LogP contribution in [-0.2, 0) is 5.41 Å². The van der Waals surface area contributed by atoms with Crippen molar-refractivity contribution in [3.8, 4) is 11.1 Å². The highest BCUT2D eigenvalue weighted by molar-refractivity contribution is 5.96. The summed E-state index contributed by atoms with van der Waals surface area (Å²) in [5.41, 5.74) is 3.64. The Bertz CT molecular complexity index is 839. The highest BCUT2D eigenvalue weighted by Gasteiger charge is 2.24. The Balaban J connectivity index is 2.52. The molecule has 1 aromatic heterocycles. The number of aromatic amines is 1. The quantitative estimate of drug-likeness (QED) is 0.698. The van der Waals surface area contributed by atoms with Crippen LogP contribution in [0.1, 0.15) is 26.3 Å². The molecule has 0 bridgehead atoms. The van der Waals surface area contributed by atoms with Crippen LogP contribution in [0.2, 0.25) is 0 Å². The number of benzene rings is 2. The summed E-state index contributed by atoms with van der Waals surface area (Å²) in [6.45, 7) is 6.25. The molecule has 0 aliphatic rings. The van der Waals surface area contributed by atoms with Gasteiger partial charge in [0.1, 0.15) is 0 Å². The maximum Gasteiger partial charge on any atom is 0.252 e. The van der Waals surface area contributed by atoms with Crippen molar-refractivity contribution in [2.75, 3.05) is 0 Å². The average Bonchev–Trinajstić information content (AvgIpc) is 2.45. The van der Waals surface area contributed by atoms with Gasteiger partial charge < -0.3 is 4.98 Å². The van der Waals surface area contributed by atoms with Gasteiger partial charge in [0.05, 0.1) is 0 Å². The Morgan fingerprint density at radius 1 is 0.857 bits per heavy atom. The van der Waals surface area contributed by atoms with E-state index < -0.39 is 0 Å². The van der Waals surface area contributed by atoms with Crippen molar-refractivity contribution in [1.82, 2.24) is 4.98 Å². The van der Waals surface area contributed by atoms with Gasteiger partial charge in [0.15, 0.2) is 0 Å². The van der Waals surface area contributed by atoms with E-state index in [0.717, 1.165) is 27.6 Å². The second-order valence-corrected chi connectivity index (χ2v) is 6.37. The van der Waals surface area contributed by atoms with Crippen molar-refractivity contribution in [3.63, 3.8) is 0 Å². The van der Waals surface area contributed by atoms with E-state index in [2.05, 4.69) is 44.0 Å². The number of nitrogens with one attached hydrogen (secondary N) is 1. The maximum absolute atomic E-state index is 12.6. The number of pyridine rings is 1. The van der Waals surface area contributed by atoms with Crippen molar-refractivity contribution in [2.24, 2.45) is 0 Å². The first-order chi connectivity index (χ1) is 9.98. The van der Waals surface area contributed by atoms with Crippen molar-refractivity contribution in [1.29, 1.82) is 0 Å². The standard InChI is InChI=1S/C19H19NO/c1-19(2,3)17-16(13-9-5-4-6-10-13)14-11-7-8-12-15(14)20-18(17)21/h4-12H,1-3H3,(H,20,21). The Hall–Kier alpha value is -2.35. The van der Waals surface area contributed by atoms with E-state index >= 15 is 0 Å². The monoisotopic (exact) mass is 277 g/mol. The number of hydrogen-bond acceptors (Lipinski definition) is 1. The largest absolute Gasteiger partial charge is 0.322 e. The maximum atomic E-state index is 12.6. The van der Waals surface area contributed by atoms with Gasteiger partial charge in [0.25, 0.3) is 5.56 Å². The lowest BCUT2D eigenvalue weighted by molar-refractivity contribution is 0.585. The van der Waals surface area contributed by atoms with Crippen LogP contribution in [0.5, 0.6) is 0 Å². The highest BCUT2D eigenvalue weighted by Crippen LogP contribution is 2.35. The minimum atomic E-state index is -0.219. The second-order valence-electron chi connectivity index (χ2n) is 6.37. The van der Waals surface area contributed by atoms with Crippen LogP contribution < -0.4 is 5.56 Å². The van der Waals surface area contributed by atoms with Gasteiger partial charge in [-0.25, -0.2) is 0 Å². The fourth-order valence-corrected chi connectivity index (χ4v) is 2.86. The lowest BCUT2D eigenvalue weighted by atomic mass is 9.81. The molecular weight excluding hydrogens is 258 g/mol. The molecule has 2 aromatic carbocycles. The molecule has 106 valence electrons. The lowest BCUT2D eigenvalue weighted by Crippen LogP contribution is -2.26. The summed E-state index contributed by atoms with van der Waals surface area (Å²) in [6, 6.07) is 18.1. The Morgan fingerprint density at radius 2 is 1.48 bits per heavy atom. The SMILES string of the molecule is CC(C)(C)c1c(-c2ccccc2)c2ccccc2[nH]c1=O. The molecule has 0 spiro atoms. The van der Waals surface area contributed by atoms with Crippen LogP contribution in [0.15, 0.2) is 59.4 Å². The topological polar surface area (TPSA) is 32.9 Å². The molecule has 3 rings (SSSR count). The van der Waals surface area contributed by atoms with Gasteiger partial charge in [0.2, 0.25) is 0 Å². The van der Waals surface area contributed by atoms with Gasteiger partial charge in [0, 0.05) is 22.0 Å². The molecule has 0 fully saturated rings. The molecule has 1 N–H and O–H groups in total. The lowest BCUT2D eigenvalue weighted by Gasteiger charge is -2.23. The van der Waals surface area contributed by atoms with Crippen LogP contribution in [0.3, 0.4) is 0 Å². The predicted molar refractivity (Wildman–Crippen MR) is 88.7 cm³/mol. The van der Waals surface area contributed by atoms with Crippen LogP contribution >= 0.6 is 0 Å². The molecule has 1 heterocycles. The molecule has 0 atom stereocenters. The molecule has 0 saturated heterocycles. The average molecular weight is 277 g/mol. The molecule has 2 heteroatoms. The van der Waals surface area contributed by atoms with E-state index in [1.54, 1.807) is 0 Å². The smallest absolute Gasteiger partial charge is 0.252 e. The molecule has 0 unspecified atom stereocenters. The Kier molecular flexibility index (Phi) is 3.17. The molecule has 0 radical (unpaired) electrons. The minimum Gasteiger partial charge on any atom is -0.322 e. The van der Waals surface area contributed by atoms with Crippen LogP contribution in [0.4, 0.5) is 0 Å². The van der Waals surface area contributed by atoms with Crippen molar-refractivity contribution in [3.05, 3.63) is 70.5 Å². The first-order valence-corrected chi connectivity index (χ1v) is 7.19. The zero-order chi connectivity index (χ0) is 15.0. The second kappa shape index (κ2) is 4.88. The third-order valence-corrected chi connectivity index (χ3v) is 3.73. The third-order valence-electron chi connectivity index (χ3n) is 3.73. The predicted octanol–water partition coefficient (Wildman–Crippen LogP) is 4.49. The third kappa shape index (κ3) is 2.38. The number of para-hydroxylation sites is 1. The molecular formula is C19H19NO. The zero-order valence-corrected chi connectivity index (χ0v) is 12.6. The van der Waals surface area contributed by atoms with Crippen LogP contribution in [0.25, 0.3) is 22.0 Å². The number of H-pyrrole nitrogens is 1. The summed E-state index contributed by atoms with van der Waals surface area (Å²) in [6.07, 6.45) is 0. The summed E-state index contributed by atoms with van der Waals surface area (Å²) >= 11 is 0. The van der Waals surface area contributed by atoms with Crippen molar-refractivity contribution in [2.45, 2.75) is 26.2 Å². The summed E-state index contributed by atoms with van der Waals surface area (Å²) in [5.74, 6) is 0. The van der Waals surface area contributed by atoms with Gasteiger partial charge in [-0.3, -0.25) is 4.79 Å². The highest BCUT2D eigenvalue weighted by atomic mass is 16.1. The number of hydrogen-bond donors (Lipinski definition) is 1.